The van der Waals surface area contributed by atoms with Gasteiger partial charge in [0.25, 0.3) is 0 Å². The van der Waals surface area contributed by atoms with Crippen LogP contribution in [0.3, 0.4) is 0 Å². The summed E-state index contributed by atoms with van der Waals surface area (Å²) in [6.07, 6.45) is 4.57. The van der Waals surface area contributed by atoms with E-state index >= 15 is 0 Å². The fourth-order valence-corrected chi connectivity index (χ4v) is 2.39. The predicted octanol–water partition coefficient (Wildman–Crippen LogP) is 6.40. The third-order valence-corrected chi connectivity index (χ3v) is 3.63. The zero-order chi connectivity index (χ0) is 16.4. The van der Waals surface area contributed by atoms with Crippen molar-refractivity contribution in [2.45, 2.75) is 64.5 Å². The minimum Gasteiger partial charge on any atom is -0.385 e. The summed E-state index contributed by atoms with van der Waals surface area (Å²) in [6, 6.07) is 2.74. The van der Waals surface area contributed by atoms with Crippen LogP contribution in [0.15, 0.2) is 18.2 Å². The topological polar surface area (TPSA) is 12.0 Å². The summed E-state index contributed by atoms with van der Waals surface area (Å²) in [5, 5.41) is 2.77. The fraction of sp³-hybridized carbons (Fsp3) is 0.647. The Balaban J connectivity index is 2.28. The number of hydrogen-bond acceptors (Lipinski definition) is 1. The maximum atomic E-state index is 13.0. The molecule has 1 aromatic rings. The van der Waals surface area contributed by atoms with E-state index in [1.807, 2.05) is 0 Å². The van der Waals surface area contributed by atoms with E-state index in [-0.39, 0.29) is 5.69 Å². The lowest BCUT2D eigenvalue weighted by Gasteiger charge is -2.14. The Labute approximate surface area is 130 Å². The van der Waals surface area contributed by atoms with Gasteiger partial charge in [0.15, 0.2) is 0 Å². The molecular formula is C17H25F4N. The van der Waals surface area contributed by atoms with Gasteiger partial charge < -0.3 is 5.32 Å². The maximum absolute atomic E-state index is 13.0. The molecule has 0 heterocycles. The van der Waals surface area contributed by atoms with E-state index in [4.69, 9.17) is 0 Å². The summed E-state index contributed by atoms with van der Waals surface area (Å²) in [5.41, 5.74) is -0.982. The van der Waals surface area contributed by atoms with Crippen LogP contribution in [0.5, 0.6) is 0 Å². The Morgan fingerprint density at radius 2 is 1.50 bits per heavy atom. The van der Waals surface area contributed by atoms with Gasteiger partial charge in [-0.25, -0.2) is 4.39 Å². The van der Waals surface area contributed by atoms with E-state index in [2.05, 4.69) is 12.2 Å². The predicted molar refractivity (Wildman–Crippen MR) is 82.5 cm³/mol. The summed E-state index contributed by atoms with van der Waals surface area (Å²) in [6.45, 7) is 2.65. The van der Waals surface area contributed by atoms with E-state index < -0.39 is 17.6 Å². The maximum Gasteiger partial charge on any atom is 0.418 e. The third-order valence-electron chi connectivity index (χ3n) is 3.63. The summed E-state index contributed by atoms with van der Waals surface area (Å²) in [4.78, 5) is 0. The van der Waals surface area contributed by atoms with E-state index in [1.165, 1.54) is 32.1 Å². The van der Waals surface area contributed by atoms with Gasteiger partial charge in [0.05, 0.1) is 5.56 Å². The van der Waals surface area contributed by atoms with Crippen LogP contribution in [0.1, 0.15) is 63.9 Å². The minimum atomic E-state index is -4.54. The standard InChI is InChI=1S/C17H25F4N/c1-2-3-4-5-6-7-8-9-12-22-16-11-10-14(18)13-15(16)17(19,20)21/h10-11,13,22H,2-9,12H2,1H3. The molecule has 1 rings (SSSR count). The number of anilines is 1. The van der Waals surface area contributed by atoms with Gasteiger partial charge in [0.2, 0.25) is 0 Å². The van der Waals surface area contributed by atoms with Crippen molar-refractivity contribution in [3.8, 4) is 0 Å². The molecule has 0 amide bonds. The molecule has 0 bridgehead atoms. The molecule has 0 fully saturated rings. The number of halogens is 4. The van der Waals surface area contributed by atoms with Gasteiger partial charge in [0.1, 0.15) is 5.82 Å². The number of unbranched alkanes of at least 4 members (excludes halogenated alkanes) is 7. The Morgan fingerprint density at radius 3 is 2.09 bits per heavy atom. The second kappa shape index (κ2) is 9.70. The van der Waals surface area contributed by atoms with Crippen molar-refractivity contribution >= 4 is 5.69 Å². The van der Waals surface area contributed by atoms with Gasteiger partial charge in [-0.2, -0.15) is 13.2 Å². The largest absolute Gasteiger partial charge is 0.418 e. The fourth-order valence-electron chi connectivity index (χ4n) is 2.39. The van der Waals surface area contributed by atoms with E-state index in [0.29, 0.717) is 12.6 Å². The summed E-state index contributed by atoms with van der Waals surface area (Å²) in [7, 11) is 0. The zero-order valence-corrected chi connectivity index (χ0v) is 13.1. The molecule has 1 nitrogen and oxygen atoms in total. The molecule has 0 aromatic heterocycles. The first-order valence-corrected chi connectivity index (χ1v) is 8.05. The molecule has 0 aliphatic rings. The lowest BCUT2D eigenvalue weighted by atomic mass is 10.1. The molecule has 1 aromatic carbocycles. The van der Waals surface area contributed by atoms with Crippen LogP contribution in [-0.2, 0) is 6.18 Å². The van der Waals surface area contributed by atoms with Gasteiger partial charge in [-0.3, -0.25) is 0 Å². The number of hydrogen-bond donors (Lipinski definition) is 1. The number of nitrogens with one attached hydrogen (secondary N) is 1. The summed E-state index contributed by atoms with van der Waals surface area (Å²) in [5.74, 6) is -0.870. The molecule has 0 aliphatic carbocycles. The van der Waals surface area contributed by atoms with Crippen molar-refractivity contribution in [3.63, 3.8) is 0 Å². The van der Waals surface area contributed by atoms with Gasteiger partial charge in [0, 0.05) is 12.2 Å². The molecule has 0 radical (unpaired) electrons. The average Bonchev–Trinajstić information content (AvgIpc) is 2.46. The quantitative estimate of drug-likeness (QED) is 0.389. The molecule has 0 aliphatic heterocycles. The molecule has 22 heavy (non-hydrogen) atoms. The van der Waals surface area contributed by atoms with Crippen LogP contribution in [0.4, 0.5) is 23.2 Å². The molecule has 126 valence electrons. The summed E-state index contributed by atoms with van der Waals surface area (Å²) < 4.78 is 51.4. The molecule has 1 N–H and O–H groups in total. The monoisotopic (exact) mass is 319 g/mol. The van der Waals surface area contributed by atoms with Crippen LogP contribution in [0.2, 0.25) is 0 Å². The Bertz CT molecular complexity index is 429. The van der Waals surface area contributed by atoms with Crippen molar-refractivity contribution in [1.82, 2.24) is 0 Å². The smallest absolute Gasteiger partial charge is 0.385 e. The highest BCUT2D eigenvalue weighted by Gasteiger charge is 2.33. The SMILES string of the molecule is CCCCCCCCCCNc1ccc(F)cc1C(F)(F)F. The highest BCUT2D eigenvalue weighted by molar-refractivity contribution is 5.52. The van der Waals surface area contributed by atoms with Crippen molar-refractivity contribution in [1.29, 1.82) is 0 Å². The minimum absolute atomic E-state index is 0.0446. The second-order valence-corrected chi connectivity index (χ2v) is 5.59. The van der Waals surface area contributed by atoms with Crippen LogP contribution < -0.4 is 5.32 Å². The first kappa shape index (κ1) is 18.8. The van der Waals surface area contributed by atoms with Crippen molar-refractivity contribution in [2.24, 2.45) is 0 Å². The summed E-state index contributed by atoms with van der Waals surface area (Å²) >= 11 is 0. The normalized spacial score (nSPS) is 11.7. The van der Waals surface area contributed by atoms with Gasteiger partial charge in [-0.05, 0) is 24.6 Å². The van der Waals surface area contributed by atoms with Crippen LogP contribution in [-0.4, -0.2) is 6.54 Å². The zero-order valence-electron chi connectivity index (χ0n) is 13.1. The van der Waals surface area contributed by atoms with Gasteiger partial charge in [-0.15, -0.1) is 0 Å². The molecule has 0 atom stereocenters. The van der Waals surface area contributed by atoms with Crippen molar-refractivity contribution < 1.29 is 17.6 Å². The van der Waals surface area contributed by atoms with E-state index in [0.717, 1.165) is 31.4 Å². The number of benzene rings is 1. The van der Waals surface area contributed by atoms with E-state index in [9.17, 15) is 17.6 Å². The second-order valence-electron chi connectivity index (χ2n) is 5.59. The van der Waals surface area contributed by atoms with Gasteiger partial charge >= 0.3 is 6.18 Å². The first-order valence-electron chi connectivity index (χ1n) is 8.05. The Hall–Kier alpha value is -1.26. The average molecular weight is 319 g/mol. The number of alkyl halides is 3. The molecule has 0 spiro atoms. The lowest BCUT2D eigenvalue weighted by molar-refractivity contribution is -0.137. The Kier molecular flexibility index (Phi) is 8.28. The highest BCUT2D eigenvalue weighted by Crippen LogP contribution is 2.35. The van der Waals surface area contributed by atoms with Crippen molar-refractivity contribution in [2.75, 3.05) is 11.9 Å². The molecule has 0 saturated carbocycles. The van der Waals surface area contributed by atoms with Gasteiger partial charge in [-0.1, -0.05) is 51.9 Å². The molecular weight excluding hydrogens is 294 g/mol. The number of rotatable bonds is 10. The van der Waals surface area contributed by atoms with Crippen LogP contribution >= 0.6 is 0 Å². The molecule has 0 unspecified atom stereocenters. The molecule has 0 saturated heterocycles. The van der Waals surface area contributed by atoms with Crippen molar-refractivity contribution in [3.05, 3.63) is 29.6 Å². The first-order chi connectivity index (χ1) is 10.4. The van der Waals surface area contributed by atoms with Crippen LogP contribution in [0, 0.1) is 5.82 Å². The Morgan fingerprint density at radius 1 is 0.909 bits per heavy atom. The lowest BCUT2D eigenvalue weighted by Crippen LogP contribution is -2.12. The molecule has 5 heteroatoms. The van der Waals surface area contributed by atoms with E-state index in [1.54, 1.807) is 0 Å². The third kappa shape index (κ3) is 7.14. The van der Waals surface area contributed by atoms with Crippen LogP contribution in [0.25, 0.3) is 0 Å². The highest BCUT2D eigenvalue weighted by atomic mass is 19.4.